The molecular formula is C24H32N6O. The van der Waals surface area contributed by atoms with Gasteiger partial charge in [-0.2, -0.15) is 0 Å². The van der Waals surface area contributed by atoms with E-state index in [1.807, 2.05) is 57.2 Å². The highest BCUT2D eigenvalue weighted by molar-refractivity contribution is 5.94. The van der Waals surface area contributed by atoms with Crippen molar-refractivity contribution in [3.05, 3.63) is 65.5 Å². The summed E-state index contributed by atoms with van der Waals surface area (Å²) in [7, 11) is 0. The summed E-state index contributed by atoms with van der Waals surface area (Å²) >= 11 is 0. The molecule has 0 unspecified atom stereocenters. The van der Waals surface area contributed by atoms with E-state index in [1.165, 1.54) is 5.52 Å². The number of aliphatic imine (C=N–C) groups is 1. The molecule has 0 aliphatic heterocycles. The van der Waals surface area contributed by atoms with Crippen molar-refractivity contribution >= 4 is 22.9 Å². The maximum Gasteiger partial charge on any atom is 0.251 e. The second-order valence-electron chi connectivity index (χ2n) is 7.33. The molecule has 1 aromatic heterocycles. The molecule has 2 aromatic carbocycles. The number of hydrogen-bond acceptors (Lipinski definition) is 3. The van der Waals surface area contributed by atoms with Crippen LogP contribution in [0.1, 0.15) is 42.0 Å². The van der Waals surface area contributed by atoms with E-state index in [1.54, 1.807) is 0 Å². The molecule has 31 heavy (non-hydrogen) atoms. The molecule has 0 atom stereocenters. The van der Waals surface area contributed by atoms with Gasteiger partial charge < -0.3 is 20.5 Å². The lowest BCUT2D eigenvalue weighted by atomic mass is 10.1. The van der Waals surface area contributed by atoms with Crippen molar-refractivity contribution in [1.29, 1.82) is 0 Å². The first-order valence-electron chi connectivity index (χ1n) is 10.9. The summed E-state index contributed by atoms with van der Waals surface area (Å²) in [6, 6.07) is 15.8. The van der Waals surface area contributed by atoms with Crippen LogP contribution in [-0.2, 0) is 13.1 Å². The summed E-state index contributed by atoms with van der Waals surface area (Å²) in [6.07, 6.45) is 0.957. The number of carbonyl (C=O) groups excluding carboxylic acids is 1. The van der Waals surface area contributed by atoms with Crippen molar-refractivity contribution in [3.8, 4) is 0 Å². The molecule has 3 aromatic rings. The minimum atomic E-state index is -0.0549. The van der Waals surface area contributed by atoms with Crippen molar-refractivity contribution in [3.63, 3.8) is 0 Å². The number of amides is 1. The molecule has 7 nitrogen and oxygen atoms in total. The minimum Gasteiger partial charge on any atom is -0.357 e. The second kappa shape index (κ2) is 11.2. The number of guanidine groups is 1. The molecule has 164 valence electrons. The van der Waals surface area contributed by atoms with Crippen LogP contribution in [0.3, 0.4) is 0 Å². The maximum absolute atomic E-state index is 12.0. The van der Waals surface area contributed by atoms with E-state index in [0.717, 1.165) is 48.9 Å². The number of carbonyl (C=O) groups is 1. The number of fused-ring (bicyclic) bond motifs is 1. The zero-order valence-electron chi connectivity index (χ0n) is 18.6. The smallest absolute Gasteiger partial charge is 0.251 e. The zero-order chi connectivity index (χ0) is 22.1. The topological polar surface area (TPSA) is 83.3 Å². The summed E-state index contributed by atoms with van der Waals surface area (Å²) in [6.45, 7) is 9.62. The Bertz CT molecular complexity index is 1040. The van der Waals surface area contributed by atoms with Crippen LogP contribution in [-0.4, -0.2) is 41.1 Å². The number of para-hydroxylation sites is 2. The molecule has 7 heteroatoms. The Kier molecular flexibility index (Phi) is 8.04. The number of aromatic nitrogens is 2. The molecule has 0 aliphatic carbocycles. The van der Waals surface area contributed by atoms with E-state index in [-0.39, 0.29) is 5.91 Å². The van der Waals surface area contributed by atoms with Gasteiger partial charge in [0, 0.05) is 31.7 Å². The molecule has 1 heterocycles. The van der Waals surface area contributed by atoms with Crippen molar-refractivity contribution < 1.29 is 4.79 Å². The van der Waals surface area contributed by atoms with Crippen molar-refractivity contribution in [2.75, 3.05) is 19.6 Å². The Morgan fingerprint density at radius 2 is 1.84 bits per heavy atom. The molecule has 0 saturated carbocycles. The Hall–Kier alpha value is -3.35. The van der Waals surface area contributed by atoms with Crippen LogP contribution in [0.4, 0.5) is 0 Å². The second-order valence-corrected chi connectivity index (χ2v) is 7.33. The fourth-order valence-corrected chi connectivity index (χ4v) is 3.51. The van der Waals surface area contributed by atoms with Gasteiger partial charge in [0.05, 0.1) is 17.6 Å². The first kappa shape index (κ1) is 22.3. The van der Waals surface area contributed by atoms with Crippen LogP contribution in [0.5, 0.6) is 0 Å². The fraction of sp³-hybridized carbons (Fsp3) is 0.375. The number of nitrogens with one attached hydrogen (secondary N) is 3. The molecule has 0 radical (unpaired) electrons. The maximum atomic E-state index is 12.0. The first-order valence-corrected chi connectivity index (χ1v) is 10.9. The van der Waals surface area contributed by atoms with Gasteiger partial charge >= 0.3 is 0 Å². The molecule has 0 saturated heterocycles. The standard InChI is InChI=1S/C24H32N6O/c1-4-25-23(31)20-11-8-10-19(16-20)17-28-24(26-5-2)27-14-9-15-30-18(3)29-21-12-6-7-13-22(21)30/h6-8,10-13,16H,4-5,9,14-15,17H2,1-3H3,(H,25,31)(H2,26,27,28). The number of imidazole rings is 1. The predicted molar refractivity (Wildman–Crippen MR) is 126 cm³/mol. The lowest BCUT2D eigenvalue weighted by molar-refractivity contribution is 0.0955. The van der Waals surface area contributed by atoms with E-state index in [0.29, 0.717) is 18.7 Å². The number of benzene rings is 2. The number of nitrogens with zero attached hydrogens (tertiary/aromatic N) is 3. The van der Waals surface area contributed by atoms with Crippen LogP contribution >= 0.6 is 0 Å². The van der Waals surface area contributed by atoms with Gasteiger partial charge in [-0.3, -0.25) is 4.79 Å². The van der Waals surface area contributed by atoms with Crippen molar-refractivity contribution in [1.82, 2.24) is 25.5 Å². The van der Waals surface area contributed by atoms with Gasteiger partial charge in [0.1, 0.15) is 5.82 Å². The van der Waals surface area contributed by atoms with E-state index in [4.69, 9.17) is 0 Å². The number of rotatable bonds is 9. The SMILES string of the molecule is CCNC(=O)c1cccc(CN=C(NCC)NCCCn2c(C)nc3ccccc32)c1. The summed E-state index contributed by atoms with van der Waals surface area (Å²) in [5.41, 5.74) is 3.88. The zero-order valence-corrected chi connectivity index (χ0v) is 18.6. The molecule has 1 amide bonds. The molecule has 0 aliphatic rings. The summed E-state index contributed by atoms with van der Waals surface area (Å²) in [4.78, 5) is 21.3. The molecule has 0 bridgehead atoms. The third kappa shape index (κ3) is 6.07. The van der Waals surface area contributed by atoms with Crippen LogP contribution in [0.25, 0.3) is 11.0 Å². The van der Waals surface area contributed by atoms with Gasteiger partial charge in [0.15, 0.2) is 5.96 Å². The lowest BCUT2D eigenvalue weighted by Crippen LogP contribution is -2.38. The average molecular weight is 421 g/mol. The van der Waals surface area contributed by atoms with E-state index < -0.39 is 0 Å². The van der Waals surface area contributed by atoms with Crippen molar-refractivity contribution in [2.45, 2.75) is 40.3 Å². The number of aryl methyl sites for hydroxylation is 2. The normalized spacial score (nSPS) is 11.5. The highest BCUT2D eigenvalue weighted by atomic mass is 16.1. The Morgan fingerprint density at radius 3 is 2.65 bits per heavy atom. The molecule has 0 fully saturated rings. The van der Waals surface area contributed by atoms with Gasteiger partial charge in [-0.1, -0.05) is 24.3 Å². The highest BCUT2D eigenvalue weighted by Crippen LogP contribution is 2.15. The van der Waals surface area contributed by atoms with Crippen LogP contribution in [0, 0.1) is 6.92 Å². The Labute approximate surface area is 184 Å². The third-order valence-corrected chi connectivity index (χ3v) is 4.99. The lowest BCUT2D eigenvalue weighted by Gasteiger charge is -2.12. The largest absolute Gasteiger partial charge is 0.357 e. The summed E-state index contributed by atoms with van der Waals surface area (Å²) < 4.78 is 2.26. The average Bonchev–Trinajstić information content (AvgIpc) is 3.10. The number of hydrogen-bond donors (Lipinski definition) is 3. The van der Waals surface area contributed by atoms with Crippen molar-refractivity contribution in [2.24, 2.45) is 4.99 Å². The van der Waals surface area contributed by atoms with Gasteiger partial charge in [0.25, 0.3) is 5.91 Å². The minimum absolute atomic E-state index is 0.0549. The van der Waals surface area contributed by atoms with E-state index in [2.05, 4.69) is 42.6 Å². The van der Waals surface area contributed by atoms with Crippen LogP contribution in [0.2, 0.25) is 0 Å². The molecular weight excluding hydrogens is 388 g/mol. The quantitative estimate of drug-likeness (QED) is 0.282. The van der Waals surface area contributed by atoms with Gasteiger partial charge in [-0.05, 0) is 57.0 Å². The first-order chi connectivity index (χ1) is 15.1. The van der Waals surface area contributed by atoms with Crippen LogP contribution < -0.4 is 16.0 Å². The molecule has 0 spiro atoms. The predicted octanol–water partition coefficient (Wildman–Crippen LogP) is 3.24. The monoisotopic (exact) mass is 420 g/mol. The third-order valence-electron chi connectivity index (χ3n) is 4.99. The molecule has 3 rings (SSSR count). The summed E-state index contributed by atoms with van der Waals surface area (Å²) in [5.74, 6) is 1.76. The van der Waals surface area contributed by atoms with Gasteiger partial charge in [-0.15, -0.1) is 0 Å². The van der Waals surface area contributed by atoms with E-state index in [9.17, 15) is 4.79 Å². The van der Waals surface area contributed by atoms with E-state index >= 15 is 0 Å². The Morgan fingerprint density at radius 1 is 1.03 bits per heavy atom. The Balaban J connectivity index is 1.56. The van der Waals surface area contributed by atoms with Crippen LogP contribution in [0.15, 0.2) is 53.5 Å². The highest BCUT2D eigenvalue weighted by Gasteiger charge is 2.07. The fourth-order valence-electron chi connectivity index (χ4n) is 3.51. The molecule has 3 N–H and O–H groups in total. The van der Waals surface area contributed by atoms with Gasteiger partial charge in [0.2, 0.25) is 0 Å². The van der Waals surface area contributed by atoms with Gasteiger partial charge in [-0.25, -0.2) is 9.98 Å². The summed E-state index contributed by atoms with van der Waals surface area (Å²) in [5, 5.41) is 9.52.